The summed E-state index contributed by atoms with van der Waals surface area (Å²) in [6.45, 7) is 0. The van der Waals surface area contributed by atoms with E-state index in [0.717, 1.165) is 0 Å². The normalized spacial score (nSPS) is 13.1. The molecule has 1 heterocycles. The quantitative estimate of drug-likeness (QED) is 0.514. The summed E-state index contributed by atoms with van der Waals surface area (Å²) in [6, 6.07) is 3.58. The van der Waals surface area contributed by atoms with E-state index in [2.05, 4.69) is 5.32 Å². The van der Waals surface area contributed by atoms with Gasteiger partial charge in [0.25, 0.3) is 0 Å². The molecule has 0 aromatic heterocycles. The predicted molar refractivity (Wildman–Crippen MR) is 39.7 cm³/mol. The molecule has 0 fully saturated rings. The van der Waals surface area contributed by atoms with E-state index in [4.69, 9.17) is 10.5 Å². The molecule has 52 valence electrons. The van der Waals surface area contributed by atoms with Gasteiger partial charge in [0, 0.05) is 6.20 Å². The second-order valence-corrected chi connectivity index (χ2v) is 1.87. The molecule has 1 rings (SSSR count). The van der Waals surface area contributed by atoms with E-state index in [1.165, 1.54) is 0 Å². The Bertz CT molecular complexity index is 304. The molecule has 3 heteroatoms. The van der Waals surface area contributed by atoms with E-state index in [1.54, 1.807) is 36.6 Å². The zero-order valence-corrected chi connectivity index (χ0v) is 5.70. The first-order valence-corrected chi connectivity index (χ1v) is 3.02. The van der Waals surface area contributed by atoms with Crippen LogP contribution in [0.1, 0.15) is 0 Å². The molecule has 0 aromatic rings. The van der Waals surface area contributed by atoms with Crippen molar-refractivity contribution in [2.24, 2.45) is 0 Å². The Morgan fingerprint density at radius 1 is 1.27 bits per heavy atom. The molecule has 11 heavy (non-hydrogen) atoms. The van der Waals surface area contributed by atoms with Crippen molar-refractivity contribution in [2.45, 2.75) is 0 Å². The largest absolute Gasteiger partial charge is 0.360 e. The molecule has 0 atom stereocenters. The summed E-state index contributed by atoms with van der Waals surface area (Å²) in [6.07, 6.45) is 6.90. The van der Waals surface area contributed by atoms with Crippen molar-refractivity contribution in [1.29, 1.82) is 10.5 Å². The molecular formula is C8H5N3. The lowest BCUT2D eigenvalue weighted by molar-refractivity contribution is 1.08. The Balaban J connectivity index is 3.00. The average molecular weight is 143 g/mol. The number of nitriles is 2. The summed E-state index contributed by atoms with van der Waals surface area (Å²) in [5.41, 5.74) is 0.656. The van der Waals surface area contributed by atoms with Gasteiger partial charge < -0.3 is 5.32 Å². The van der Waals surface area contributed by atoms with Gasteiger partial charge >= 0.3 is 0 Å². The van der Waals surface area contributed by atoms with Gasteiger partial charge in [-0.3, -0.25) is 0 Å². The molecular weight excluding hydrogens is 138 g/mol. The minimum absolute atomic E-state index is 0.102. The highest BCUT2D eigenvalue weighted by atomic mass is 14.9. The fourth-order valence-electron chi connectivity index (χ4n) is 0.694. The van der Waals surface area contributed by atoms with E-state index in [1.807, 2.05) is 0 Å². The number of nitrogens with zero attached hydrogens (tertiary/aromatic N) is 2. The number of allylic oxidation sites excluding steroid dienone is 4. The van der Waals surface area contributed by atoms with Crippen LogP contribution in [-0.4, -0.2) is 0 Å². The van der Waals surface area contributed by atoms with Gasteiger partial charge in [-0.2, -0.15) is 10.5 Å². The highest BCUT2D eigenvalue weighted by Crippen LogP contribution is 2.04. The summed E-state index contributed by atoms with van der Waals surface area (Å²) in [4.78, 5) is 0. The first-order chi connectivity index (χ1) is 5.38. The molecule has 0 radical (unpaired) electrons. The lowest BCUT2D eigenvalue weighted by Gasteiger charge is -2.03. The summed E-state index contributed by atoms with van der Waals surface area (Å²) >= 11 is 0. The lowest BCUT2D eigenvalue weighted by atomic mass is 10.2. The summed E-state index contributed by atoms with van der Waals surface area (Å²) < 4.78 is 0. The van der Waals surface area contributed by atoms with E-state index in [9.17, 15) is 0 Å². The SMILES string of the molecule is N#CC(C#N)=C1C=CC=CN1. The molecule has 0 spiro atoms. The second kappa shape index (κ2) is 3.24. The minimum atomic E-state index is 0.102. The number of hydrogen-bond donors (Lipinski definition) is 1. The van der Waals surface area contributed by atoms with Crippen molar-refractivity contribution in [3.63, 3.8) is 0 Å². The molecule has 3 nitrogen and oxygen atoms in total. The van der Waals surface area contributed by atoms with Crippen molar-refractivity contribution in [3.05, 3.63) is 35.7 Å². The standard InChI is InChI=1S/C8H5N3/c9-5-7(6-10)8-3-1-2-4-11-8/h1-4,11H. The van der Waals surface area contributed by atoms with Crippen LogP contribution in [0.25, 0.3) is 0 Å². The van der Waals surface area contributed by atoms with Crippen LogP contribution in [0.2, 0.25) is 0 Å². The number of hydrogen-bond acceptors (Lipinski definition) is 3. The van der Waals surface area contributed by atoms with Crippen molar-refractivity contribution >= 4 is 0 Å². The van der Waals surface area contributed by atoms with E-state index < -0.39 is 0 Å². The number of nitrogens with one attached hydrogen (secondary N) is 1. The van der Waals surface area contributed by atoms with Crippen LogP contribution in [0, 0.1) is 22.7 Å². The third kappa shape index (κ3) is 1.47. The minimum Gasteiger partial charge on any atom is -0.360 e. The molecule has 0 aliphatic carbocycles. The Morgan fingerprint density at radius 2 is 2.00 bits per heavy atom. The fourth-order valence-corrected chi connectivity index (χ4v) is 0.694. The van der Waals surface area contributed by atoms with Crippen LogP contribution in [0.4, 0.5) is 0 Å². The number of rotatable bonds is 0. The van der Waals surface area contributed by atoms with Crippen LogP contribution in [0.15, 0.2) is 35.7 Å². The van der Waals surface area contributed by atoms with Crippen LogP contribution in [-0.2, 0) is 0 Å². The smallest absolute Gasteiger partial charge is 0.153 e. The predicted octanol–water partition coefficient (Wildman–Crippen LogP) is 0.961. The van der Waals surface area contributed by atoms with Crippen LogP contribution in [0.5, 0.6) is 0 Å². The molecule has 1 N–H and O–H groups in total. The molecule has 0 amide bonds. The Labute approximate surface area is 64.6 Å². The summed E-state index contributed by atoms with van der Waals surface area (Å²) in [5.74, 6) is 0. The zero-order valence-electron chi connectivity index (χ0n) is 5.70. The highest BCUT2D eigenvalue weighted by Gasteiger charge is 2.01. The topological polar surface area (TPSA) is 59.6 Å². The van der Waals surface area contributed by atoms with Gasteiger partial charge in [0.1, 0.15) is 12.1 Å². The fraction of sp³-hybridized carbons (Fsp3) is 0. The lowest BCUT2D eigenvalue weighted by Crippen LogP contribution is -2.06. The van der Waals surface area contributed by atoms with Crippen molar-refractivity contribution in [1.82, 2.24) is 5.32 Å². The molecule has 1 aliphatic heterocycles. The third-order valence-electron chi connectivity index (χ3n) is 1.20. The Morgan fingerprint density at radius 3 is 2.45 bits per heavy atom. The third-order valence-corrected chi connectivity index (χ3v) is 1.20. The van der Waals surface area contributed by atoms with Gasteiger partial charge in [-0.1, -0.05) is 6.08 Å². The molecule has 0 bridgehead atoms. The molecule has 0 saturated heterocycles. The van der Waals surface area contributed by atoms with Gasteiger partial charge in [-0.15, -0.1) is 0 Å². The van der Waals surface area contributed by atoms with E-state index in [-0.39, 0.29) is 5.57 Å². The maximum absolute atomic E-state index is 8.45. The van der Waals surface area contributed by atoms with Gasteiger partial charge in [-0.25, -0.2) is 0 Å². The van der Waals surface area contributed by atoms with Gasteiger partial charge in [0.15, 0.2) is 5.57 Å². The summed E-state index contributed by atoms with van der Waals surface area (Å²) in [7, 11) is 0. The molecule has 0 aromatic carbocycles. The Kier molecular flexibility index (Phi) is 2.09. The second-order valence-electron chi connectivity index (χ2n) is 1.87. The summed E-state index contributed by atoms with van der Waals surface area (Å²) in [5, 5.41) is 19.7. The van der Waals surface area contributed by atoms with Gasteiger partial charge in [0.05, 0.1) is 5.70 Å². The highest BCUT2D eigenvalue weighted by molar-refractivity contribution is 5.46. The first-order valence-electron chi connectivity index (χ1n) is 3.02. The van der Waals surface area contributed by atoms with Crippen molar-refractivity contribution in [3.8, 4) is 12.1 Å². The molecule has 0 saturated carbocycles. The average Bonchev–Trinajstić information content (AvgIpc) is 2.09. The van der Waals surface area contributed by atoms with E-state index >= 15 is 0 Å². The monoisotopic (exact) mass is 143 g/mol. The van der Waals surface area contributed by atoms with Crippen molar-refractivity contribution in [2.75, 3.05) is 0 Å². The maximum Gasteiger partial charge on any atom is 0.153 e. The van der Waals surface area contributed by atoms with Crippen LogP contribution in [0.3, 0.4) is 0 Å². The van der Waals surface area contributed by atoms with Gasteiger partial charge in [0.2, 0.25) is 0 Å². The first kappa shape index (κ1) is 7.11. The molecule has 0 unspecified atom stereocenters. The van der Waals surface area contributed by atoms with E-state index in [0.29, 0.717) is 5.70 Å². The molecule has 1 aliphatic rings. The van der Waals surface area contributed by atoms with Crippen LogP contribution < -0.4 is 5.32 Å². The zero-order chi connectivity index (χ0) is 8.10. The maximum atomic E-state index is 8.45. The Hall–Kier alpha value is -2.00. The van der Waals surface area contributed by atoms with Crippen molar-refractivity contribution < 1.29 is 0 Å². The number of dihydropyridines is 1. The van der Waals surface area contributed by atoms with Gasteiger partial charge in [-0.05, 0) is 12.2 Å². The van der Waals surface area contributed by atoms with Crippen LogP contribution >= 0.6 is 0 Å².